The molecule has 130 valence electrons. The Morgan fingerprint density at radius 1 is 1.16 bits per heavy atom. The minimum Gasteiger partial charge on any atom is -0.309 e. The molecule has 1 aliphatic carbocycles. The Balaban J connectivity index is 1.32. The maximum atomic E-state index is 12.9. The second-order valence-corrected chi connectivity index (χ2v) is 7.49. The molecule has 2 saturated heterocycles. The number of nitrogens with zero attached hydrogens (tertiary/aromatic N) is 4. The molecule has 0 bridgehead atoms. The summed E-state index contributed by atoms with van der Waals surface area (Å²) in [5, 5.41) is 0. The van der Waals surface area contributed by atoms with Crippen molar-refractivity contribution in [1.29, 1.82) is 0 Å². The zero-order valence-corrected chi connectivity index (χ0v) is 14.2. The summed E-state index contributed by atoms with van der Waals surface area (Å²) >= 11 is 0. The third-order valence-corrected chi connectivity index (χ3v) is 6.10. The van der Waals surface area contributed by atoms with Crippen LogP contribution < -0.4 is 0 Å². The molecule has 3 fully saturated rings. The predicted molar refractivity (Wildman–Crippen MR) is 92.0 cm³/mol. The van der Waals surface area contributed by atoms with Crippen LogP contribution in [0.15, 0.2) is 30.6 Å². The summed E-state index contributed by atoms with van der Waals surface area (Å²) in [6, 6.07) is 5.87. The zero-order chi connectivity index (χ0) is 17.0. The smallest absolute Gasteiger partial charge is 0.309 e. The normalized spacial score (nSPS) is 28.7. The third kappa shape index (κ3) is 2.27. The van der Waals surface area contributed by atoms with Crippen LogP contribution in [0.25, 0.3) is 5.65 Å². The third-order valence-electron chi connectivity index (χ3n) is 6.10. The molecule has 25 heavy (non-hydrogen) atoms. The number of pyridine rings is 1. The molecule has 3 amide bonds. The first-order chi connectivity index (χ1) is 12.2. The second kappa shape index (κ2) is 5.58. The van der Waals surface area contributed by atoms with E-state index in [9.17, 15) is 9.59 Å². The molecule has 0 aromatic carbocycles. The molecule has 1 saturated carbocycles. The monoisotopic (exact) mass is 338 g/mol. The Kier molecular flexibility index (Phi) is 3.33. The SMILES string of the molecule is O=C1[C@@H]2C[C@H]3CCCC[C@@H]3N2C(=O)N1CCc1cn2ccccc2n1. The van der Waals surface area contributed by atoms with Gasteiger partial charge in [-0.2, -0.15) is 0 Å². The highest BCUT2D eigenvalue weighted by Gasteiger charge is 2.55. The van der Waals surface area contributed by atoms with E-state index in [0.717, 1.165) is 24.2 Å². The second-order valence-electron chi connectivity index (χ2n) is 7.49. The van der Waals surface area contributed by atoms with Gasteiger partial charge in [-0.15, -0.1) is 0 Å². The van der Waals surface area contributed by atoms with Crippen molar-refractivity contribution in [3.63, 3.8) is 0 Å². The van der Waals surface area contributed by atoms with Gasteiger partial charge in [0.05, 0.1) is 5.69 Å². The summed E-state index contributed by atoms with van der Waals surface area (Å²) < 4.78 is 1.97. The van der Waals surface area contributed by atoms with E-state index in [2.05, 4.69) is 4.98 Å². The molecule has 2 aromatic rings. The lowest BCUT2D eigenvalue weighted by Gasteiger charge is -2.30. The number of hydrogen-bond acceptors (Lipinski definition) is 3. The minimum atomic E-state index is -0.207. The Labute approximate surface area is 146 Å². The number of fused-ring (bicyclic) bond motifs is 4. The van der Waals surface area contributed by atoms with E-state index in [-0.39, 0.29) is 24.0 Å². The molecule has 4 heterocycles. The van der Waals surface area contributed by atoms with Gasteiger partial charge in [-0.25, -0.2) is 9.78 Å². The Morgan fingerprint density at radius 2 is 2.04 bits per heavy atom. The molecule has 3 aliphatic rings. The largest absolute Gasteiger partial charge is 0.327 e. The van der Waals surface area contributed by atoms with E-state index in [1.165, 1.54) is 24.2 Å². The maximum absolute atomic E-state index is 12.9. The standard InChI is InChI=1S/C19H22N4O2/c24-18-16-11-13-5-1-2-6-15(13)23(16)19(25)22(18)10-8-14-12-21-9-4-3-7-17(21)20-14/h3-4,7,9,12-13,15-16H,1-2,5-6,8,10-11H2/t13-,15+,16+/m1/s1. The summed E-state index contributed by atoms with van der Waals surface area (Å²) in [7, 11) is 0. The molecule has 0 spiro atoms. The van der Waals surface area contributed by atoms with Crippen LogP contribution >= 0.6 is 0 Å². The van der Waals surface area contributed by atoms with Crippen LogP contribution in [0.4, 0.5) is 4.79 Å². The zero-order valence-electron chi connectivity index (χ0n) is 14.2. The first-order valence-electron chi connectivity index (χ1n) is 9.28. The van der Waals surface area contributed by atoms with E-state index in [1.54, 1.807) is 0 Å². The fourth-order valence-electron chi connectivity index (χ4n) is 4.91. The number of aromatic nitrogens is 2. The first-order valence-corrected chi connectivity index (χ1v) is 9.28. The van der Waals surface area contributed by atoms with Crippen molar-refractivity contribution in [1.82, 2.24) is 19.2 Å². The average molecular weight is 338 g/mol. The van der Waals surface area contributed by atoms with E-state index in [0.29, 0.717) is 18.9 Å². The summed E-state index contributed by atoms with van der Waals surface area (Å²) in [5.74, 6) is 0.537. The molecule has 2 aromatic heterocycles. The van der Waals surface area contributed by atoms with Crippen molar-refractivity contribution in [3.8, 4) is 0 Å². The van der Waals surface area contributed by atoms with Gasteiger partial charge in [0.15, 0.2) is 0 Å². The van der Waals surface area contributed by atoms with Crippen molar-refractivity contribution in [2.45, 2.75) is 50.6 Å². The fraction of sp³-hybridized carbons (Fsp3) is 0.526. The van der Waals surface area contributed by atoms with Crippen LogP contribution in [0.5, 0.6) is 0 Å². The van der Waals surface area contributed by atoms with Crippen molar-refractivity contribution in [3.05, 3.63) is 36.3 Å². The molecular formula is C19H22N4O2. The van der Waals surface area contributed by atoms with Crippen LogP contribution in [-0.4, -0.2) is 49.8 Å². The molecule has 6 nitrogen and oxygen atoms in total. The number of amides is 3. The summed E-state index contributed by atoms with van der Waals surface area (Å²) in [6.45, 7) is 0.423. The molecule has 0 N–H and O–H groups in total. The van der Waals surface area contributed by atoms with Crippen molar-refractivity contribution in [2.75, 3.05) is 6.54 Å². The van der Waals surface area contributed by atoms with Gasteiger partial charge in [-0.1, -0.05) is 18.9 Å². The van der Waals surface area contributed by atoms with Gasteiger partial charge in [-0.05, 0) is 37.3 Å². The van der Waals surface area contributed by atoms with Gasteiger partial charge in [0.2, 0.25) is 0 Å². The average Bonchev–Trinajstić information content (AvgIpc) is 3.27. The molecule has 2 aliphatic heterocycles. The highest BCUT2D eigenvalue weighted by Crippen LogP contribution is 2.43. The number of carbonyl (C=O) groups excluding carboxylic acids is 2. The topological polar surface area (TPSA) is 57.9 Å². The molecule has 0 unspecified atom stereocenters. The van der Waals surface area contributed by atoms with Gasteiger partial charge in [0, 0.05) is 31.4 Å². The number of imidazole rings is 1. The van der Waals surface area contributed by atoms with Crippen molar-refractivity contribution >= 4 is 17.6 Å². The van der Waals surface area contributed by atoms with Crippen LogP contribution in [0, 0.1) is 5.92 Å². The van der Waals surface area contributed by atoms with Crippen LogP contribution in [-0.2, 0) is 11.2 Å². The maximum Gasteiger partial charge on any atom is 0.327 e. The van der Waals surface area contributed by atoms with Crippen molar-refractivity contribution < 1.29 is 9.59 Å². The number of hydrogen-bond donors (Lipinski definition) is 0. The van der Waals surface area contributed by atoms with E-state index in [4.69, 9.17) is 0 Å². The Hall–Kier alpha value is -2.37. The fourth-order valence-corrected chi connectivity index (χ4v) is 4.91. The van der Waals surface area contributed by atoms with Gasteiger partial charge >= 0.3 is 6.03 Å². The van der Waals surface area contributed by atoms with E-state index >= 15 is 0 Å². The van der Waals surface area contributed by atoms with Crippen LogP contribution in [0.1, 0.15) is 37.8 Å². The highest BCUT2D eigenvalue weighted by molar-refractivity contribution is 6.04. The first kappa shape index (κ1) is 14.9. The van der Waals surface area contributed by atoms with E-state index in [1.807, 2.05) is 39.9 Å². The summed E-state index contributed by atoms with van der Waals surface area (Å²) in [4.78, 5) is 33.5. The van der Waals surface area contributed by atoms with Gasteiger partial charge in [0.1, 0.15) is 11.7 Å². The molecule has 6 heteroatoms. The predicted octanol–water partition coefficient (Wildman–Crippen LogP) is 2.47. The van der Waals surface area contributed by atoms with Crippen molar-refractivity contribution in [2.24, 2.45) is 5.92 Å². The van der Waals surface area contributed by atoms with Gasteiger partial charge in [-0.3, -0.25) is 9.69 Å². The lowest BCUT2D eigenvalue weighted by molar-refractivity contribution is -0.128. The molecular weight excluding hydrogens is 316 g/mol. The van der Waals surface area contributed by atoms with Gasteiger partial charge < -0.3 is 9.30 Å². The number of carbonyl (C=O) groups is 2. The molecule has 5 rings (SSSR count). The molecule has 3 atom stereocenters. The minimum absolute atomic E-state index is 0.00293. The quantitative estimate of drug-likeness (QED) is 0.808. The van der Waals surface area contributed by atoms with E-state index < -0.39 is 0 Å². The Morgan fingerprint density at radius 3 is 2.92 bits per heavy atom. The number of urea groups is 1. The lowest BCUT2D eigenvalue weighted by Crippen LogP contribution is -2.41. The number of rotatable bonds is 3. The Bertz CT molecular complexity index is 812. The van der Waals surface area contributed by atoms with Crippen LogP contribution in [0.3, 0.4) is 0 Å². The molecule has 0 radical (unpaired) electrons. The summed E-state index contributed by atoms with van der Waals surface area (Å²) in [5.41, 5.74) is 1.80. The number of imide groups is 1. The summed E-state index contributed by atoms with van der Waals surface area (Å²) in [6.07, 6.45) is 10.0. The highest BCUT2D eigenvalue weighted by atomic mass is 16.2. The van der Waals surface area contributed by atoms with Gasteiger partial charge in [0.25, 0.3) is 5.91 Å². The van der Waals surface area contributed by atoms with Crippen LogP contribution in [0.2, 0.25) is 0 Å². The lowest BCUT2D eigenvalue weighted by atomic mass is 9.84.